The second-order valence-electron chi connectivity index (χ2n) is 6.01. The van der Waals surface area contributed by atoms with Crippen LogP contribution in [0.5, 0.6) is 0 Å². The third kappa shape index (κ3) is 4.27. The van der Waals surface area contributed by atoms with Crippen LogP contribution in [0.2, 0.25) is 0 Å². The first kappa shape index (κ1) is 17.6. The first-order valence-corrected chi connectivity index (χ1v) is 9.83. The maximum absolute atomic E-state index is 12.5. The van der Waals surface area contributed by atoms with Crippen molar-refractivity contribution >= 4 is 16.0 Å². The summed E-state index contributed by atoms with van der Waals surface area (Å²) in [6.45, 7) is 1.41. The molecule has 0 radical (unpaired) electrons. The van der Waals surface area contributed by atoms with Crippen LogP contribution >= 0.6 is 0 Å². The highest BCUT2D eigenvalue weighted by molar-refractivity contribution is 7.89. The Kier molecular flexibility index (Phi) is 5.50. The molecule has 0 aromatic heterocycles. The average Bonchev–Trinajstić information content (AvgIpc) is 3.18. The Labute approximate surface area is 148 Å². The van der Waals surface area contributed by atoms with Crippen molar-refractivity contribution in [2.45, 2.75) is 24.2 Å². The Hall–Kier alpha value is -2.18. The molecular formula is C19H21NO4S. The molecule has 3 rings (SSSR count). The predicted octanol–water partition coefficient (Wildman–Crippen LogP) is 2.87. The Morgan fingerprint density at radius 3 is 2.24 bits per heavy atom. The van der Waals surface area contributed by atoms with Gasteiger partial charge in [0.25, 0.3) is 0 Å². The molecule has 1 saturated heterocycles. The fraction of sp³-hybridized carbons (Fsp3) is 0.316. The summed E-state index contributed by atoms with van der Waals surface area (Å²) in [5.41, 5.74) is 1.45. The number of esters is 1. The molecule has 0 aliphatic carbocycles. The van der Waals surface area contributed by atoms with E-state index in [0.717, 1.165) is 18.4 Å². The van der Waals surface area contributed by atoms with Gasteiger partial charge in [0.05, 0.1) is 17.1 Å². The highest BCUT2D eigenvalue weighted by Crippen LogP contribution is 2.21. The highest BCUT2D eigenvalue weighted by Gasteiger charge is 2.27. The number of ether oxygens (including phenoxy) is 1. The molecule has 2 aromatic carbocycles. The number of hydrogen-bond acceptors (Lipinski definition) is 4. The van der Waals surface area contributed by atoms with Crippen molar-refractivity contribution in [1.82, 2.24) is 4.31 Å². The second-order valence-corrected chi connectivity index (χ2v) is 7.95. The van der Waals surface area contributed by atoms with Gasteiger partial charge in [-0.2, -0.15) is 4.31 Å². The van der Waals surface area contributed by atoms with E-state index in [2.05, 4.69) is 0 Å². The number of sulfonamides is 1. The summed E-state index contributed by atoms with van der Waals surface area (Å²) in [7, 11) is -3.45. The lowest BCUT2D eigenvalue weighted by Gasteiger charge is -2.15. The summed E-state index contributed by atoms with van der Waals surface area (Å²) in [6.07, 6.45) is 2.43. The zero-order valence-electron chi connectivity index (χ0n) is 13.9. The minimum absolute atomic E-state index is 0.218. The Bertz CT molecular complexity index is 810. The number of carbonyl (C=O) groups is 1. The summed E-state index contributed by atoms with van der Waals surface area (Å²) in [5, 5.41) is 0. The van der Waals surface area contributed by atoms with Crippen molar-refractivity contribution in [3.63, 3.8) is 0 Å². The zero-order chi connectivity index (χ0) is 17.7. The van der Waals surface area contributed by atoms with E-state index in [0.29, 0.717) is 25.1 Å². The molecule has 1 aliphatic rings. The van der Waals surface area contributed by atoms with Crippen molar-refractivity contribution in [2.75, 3.05) is 19.7 Å². The van der Waals surface area contributed by atoms with Crippen LogP contribution in [0.25, 0.3) is 0 Å². The van der Waals surface area contributed by atoms with Crippen LogP contribution in [0.4, 0.5) is 0 Å². The molecule has 0 bridgehead atoms. The molecule has 1 heterocycles. The van der Waals surface area contributed by atoms with E-state index >= 15 is 0 Å². The van der Waals surface area contributed by atoms with Crippen LogP contribution in [0, 0.1) is 0 Å². The Balaban J connectivity index is 1.59. The number of hydrogen-bond donors (Lipinski definition) is 0. The predicted molar refractivity (Wildman–Crippen MR) is 94.9 cm³/mol. The van der Waals surface area contributed by atoms with Gasteiger partial charge in [-0.3, -0.25) is 0 Å². The maximum Gasteiger partial charge on any atom is 0.338 e. The van der Waals surface area contributed by atoms with Crippen LogP contribution in [-0.2, 0) is 21.2 Å². The molecule has 6 heteroatoms. The Morgan fingerprint density at radius 2 is 1.60 bits per heavy atom. The molecule has 0 saturated carbocycles. The molecule has 132 valence electrons. The van der Waals surface area contributed by atoms with Crippen LogP contribution in [0.15, 0.2) is 59.5 Å². The van der Waals surface area contributed by atoms with Crippen molar-refractivity contribution in [1.29, 1.82) is 0 Å². The topological polar surface area (TPSA) is 63.7 Å². The monoisotopic (exact) mass is 359 g/mol. The van der Waals surface area contributed by atoms with Gasteiger partial charge in [-0.1, -0.05) is 30.3 Å². The standard InChI is InChI=1S/C19H21NO4S/c21-19(24-15-12-16-6-2-1-3-7-16)17-8-10-18(11-9-17)25(22,23)20-13-4-5-14-20/h1-3,6-11H,4-5,12-15H2. The van der Waals surface area contributed by atoms with Gasteiger partial charge in [0.2, 0.25) is 10.0 Å². The van der Waals surface area contributed by atoms with Gasteiger partial charge >= 0.3 is 5.97 Å². The van der Waals surface area contributed by atoms with Crippen molar-refractivity contribution in [3.8, 4) is 0 Å². The van der Waals surface area contributed by atoms with E-state index < -0.39 is 16.0 Å². The van der Waals surface area contributed by atoms with E-state index in [9.17, 15) is 13.2 Å². The minimum atomic E-state index is -3.45. The lowest BCUT2D eigenvalue weighted by molar-refractivity contribution is 0.0509. The third-order valence-corrected chi connectivity index (χ3v) is 6.17. The minimum Gasteiger partial charge on any atom is -0.462 e. The van der Waals surface area contributed by atoms with Crippen LogP contribution in [-0.4, -0.2) is 38.4 Å². The number of nitrogens with zero attached hydrogens (tertiary/aromatic N) is 1. The SMILES string of the molecule is O=C(OCCc1ccccc1)c1ccc(S(=O)(=O)N2CCCC2)cc1. The van der Waals surface area contributed by atoms with E-state index in [1.165, 1.54) is 28.6 Å². The van der Waals surface area contributed by atoms with E-state index in [4.69, 9.17) is 4.74 Å². The fourth-order valence-corrected chi connectivity index (χ4v) is 4.35. The summed E-state index contributed by atoms with van der Waals surface area (Å²) < 4.78 is 31.7. The molecule has 25 heavy (non-hydrogen) atoms. The van der Waals surface area contributed by atoms with Crippen molar-refractivity contribution < 1.29 is 17.9 Å². The molecule has 1 aliphatic heterocycles. The Morgan fingerprint density at radius 1 is 0.960 bits per heavy atom. The number of carbonyl (C=O) groups excluding carboxylic acids is 1. The summed E-state index contributed by atoms with van der Waals surface area (Å²) in [5.74, 6) is -0.443. The van der Waals surface area contributed by atoms with E-state index in [1.54, 1.807) is 0 Å². The van der Waals surface area contributed by atoms with Gasteiger partial charge in [-0.15, -0.1) is 0 Å². The lowest BCUT2D eigenvalue weighted by atomic mass is 10.2. The molecule has 0 spiro atoms. The summed E-state index contributed by atoms with van der Waals surface area (Å²) >= 11 is 0. The van der Waals surface area contributed by atoms with E-state index in [1.807, 2.05) is 30.3 Å². The van der Waals surface area contributed by atoms with Crippen molar-refractivity contribution in [2.24, 2.45) is 0 Å². The first-order chi connectivity index (χ1) is 12.1. The second kappa shape index (κ2) is 7.80. The van der Waals surface area contributed by atoms with Crippen LogP contribution in [0.1, 0.15) is 28.8 Å². The average molecular weight is 359 g/mol. The number of benzene rings is 2. The van der Waals surface area contributed by atoms with Gasteiger partial charge in [-0.05, 0) is 42.7 Å². The van der Waals surface area contributed by atoms with Gasteiger partial charge in [0, 0.05) is 19.5 Å². The molecule has 1 fully saturated rings. The van der Waals surface area contributed by atoms with Crippen LogP contribution in [0.3, 0.4) is 0 Å². The summed E-state index contributed by atoms with van der Waals surface area (Å²) in [4.78, 5) is 12.3. The zero-order valence-corrected chi connectivity index (χ0v) is 14.7. The molecule has 0 unspecified atom stereocenters. The lowest BCUT2D eigenvalue weighted by Crippen LogP contribution is -2.27. The van der Waals surface area contributed by atoms with Gasteiger partial charge < -0.3 is 4.74 Å². The molecule has 2 aromatic rings. The number of rotatable bonds is 6. The van der Waals surface area contributed by atoms with Gasteiger partial charge in [0.1, 0.15) is 0 Å². The molecule has 0 atom stereocenters. The van der Waals surface area contributed by atoms with Gasteiger partial charge in [0.15, 0.2) is 0 Å². The first-order valence-electron chi connectivity index (χ1n) is 8.39. The molecule has 5 nitrogen and oxygen atoms in total. The van der Waals surface area contributed by atoms with E-state index in [-0.39, 0.29) is 11.5 Å². The normalized spacial score (nSPS) is 15.2. The highest BCUT2D eigenvalue weighted by atomic mass is 32.2. The molecule has 0 amide bonds. The quantitative estimate of drug-likeness (QED) is 0.744. The van der Waals surface area contributed by atoms with Crippen molar-refractivity contribution in [3.05, 3.63) is 65.7 Å². The largest absolute Gasteiger partial charge is 0.462 e. The van der Waals surface area contributed by atoms with Gasteiger partial charge in [-0.25, -0.2) is 13.2 Å². The molecule has 0 N–H and O–H groups in total. The smallest absolute Gasteiger partial charge is 0.338 e. The fourth-order valence-electron chi connectivity index (χ4n) is 2.83. The summed E-state index contributed by atoms with van der Waals surface area (Å²) in [6, 6.07) is 15.7. The van der Waals surface area contributed by atoms with Crippen LogP contribution < -0.4 is 0 Å². The molecular weight excluding hydrogens is 338 g/mol. The maximum atomic E-state index is 12.5. The third-order valence-electron chi connectivity index (χ3n) is 4.26.